The Labute approximate surface area is 132 Å². The Morgan fingerprint density at radius 2 is 2.05 bits per heavy atom. The average Bonchev–Trinajstić information content (AvgIpc) is 2.86. The zero-order chi connectivity index (χ0) is 17.0. The molecule has 0 spiro atoms. The highest BCUT2D eigenvalue weighted by atomic mass is 32.2. The maximum Gasteiger partial charge on any atom is 0.191 e. The van der Waals surface area contributed by atoms with E-state index in [1.165, 1.54) is 6.26 Å². The van der Waals surface area contributed by atoms with E-state index in [4.69, 9.17) is 4.52 Å². The lowest BCUT2D eigenvalue weighted by Crippen LogP contribution is -2.47. The lowest BCUT2D eigenvalue weighted by Gasteiger charge is -2.24. The van der Waals surface area contributed by atoms with Crippen LogP contribution in [0.1, 0.15) is 45.1 Å². The fourth-order valence-electron chi connectivity index (χ4n) is 1.50. The zero-order valence-corrected chi connectivity index (χ0v) is 14.9. The summed E-state index contributed by atoms with van der Waals surface area (Å²) in [5.41, 5.74) is 0.901. The van der Waals surface area contributed by atoms with Gasteiger partial charge in [-0.3, -0.25) is 4.99 Å². The minimum absolute atomic E-state index is 0.263. The van der Waals surface area contributed by atoms with E-state index in [-0.39, 0.29) is 6.54 Å². The van der Waals surface area contributed by atoms with Gasteiger partial charge in [0.25, 0.3) is 0 Å². The van der Waals surface area contributed by atoms with Crippen molar-refractivity contribution < 1.29 is 12.9 Å². The molecule has 0 saturated heterocycles. The molecule has 0 bridgehead atoms. The third kappa shape index (κ3) is 5.01. The van der Waals surface area contributed by atoms with Gasteiger partial charge in [0.05, 0.1) is 17.0 Å². The summed E-state index contributed by atoms with van der Waals surface area (Å²) in [6, 6.07) is 1.89. The van der Waals surface area contributed by atoms with Gasteiger partial charge in [0.15, 0.2) is 21.6 Å². The van der Waals surface area contributed by atoms with E-state index >= 15 is 0 Å². The molecule has 0 aliphatic heterocycles. The monoisotopic (exact) mass is 330 g/mol. The Hall–Kier alpha value is -1.57. The topological polar surface area (TPSA) is 96.6 Å². The normalized spacial score (nSPS) is 13.5. The summed E-state index contributed by atoms with van der Waals surface area (Å²) in [6.07, 6.45) is 1.23. The number of hydrogen-bond acceptors (Lipinski definition) is 5. The highest BCUT2D eigenvalue weighted by Crippen LogP contribution is 2.14. The third-order valence-electron chi connectivity index (χ3n) is 3.51. The van der Waals surface area contributed by atoms with Crippen molar-refractivity contribution in [1.29, 1.82) is 0 Å². The fourth-order valence-corrected chi connectivity index (χ4v) is 1.84. The largest absolute Gasteiger partial charge is 0.359 e. The van der Waals surface area contributed by atoms with Gasteiger partial charge in [0.2, 0.25) is 0 Å². The van der Waals surface area contributed by atoms with Gasteiger partial charge >= 0.3 is 0 Å². The molecule has 0 atom stereocenters. The molecule has 0 amide bonds. The average molecular weight is 330 g/mol. The Morgan fingerprint density at radius 3 is 2.50 bits per heavy atom. The molecule has 0 aromatic carbocycles. The Kier molecular flexibility index (Phi) is 5.99. The van der Waals surface area contributed by atoms with E-state index in [9.17, 15) is 8.42 Å². The quantitative estimate of drug-likeness (QED) is 0.602. The first-order valence-electron chi connectivity index (χ1n) is 7.16. The summed E-state index contributed by atoms with van der Waals surface area (Å²) in [5, 5.41) is 10.1. The first kappa shape index (κ1) is 18.5. The number of aliphatic imine (C=N–C) groups is 1. The number of nitrogens with one attached hydrogen (secondary N) is 2. The number of aromatic nitrogens is 1. The van der Waals surface area contributed by atoms with Gasteiger partial charge < -0.3 is 15.2 Å². The minimum Gasteiger partial charge on any atom is -0.359 e. The molecule has 1 aromatic heterocycles. The maximum atomic E-state index is 11.7. The first-order chi connectivity index (χ1) is 10.1. The molecular formula is C14H26N4O3S. The molecule has 0 unspecified atom stereocenters. The molecule has 1 rings (SSSR count). The molecule has 1 aromatic rings. The van der Waals surface area contributed by atoms with Crippen LogP contribution in [0.4, 0.5) is 0 Å². The summed E-state index contributed by atoms with van der Waals surface area (Å²) in [7, 11) is -1.53. The summed E-state index contributed by atoms with van der Waals surface area (Å²) in [4.78, 5) is 4.07. The molecule has 2 N–H and O–H groups in total. The Morgan fingerprint density at radius 1 is 1.41 bits per heavy atom. The van der Waals surface area contributed by atoms with Crippen LogP contribution in [-0.4, -0.2) is 44.1 Å². The lowest BCUT2D eigenvalue weighted by molar-refractivity contribution is 0.372. The van der Waals surface area contributed by atoms with Gasteiger partial charge in [-0.25, -0.2) is 8.42 Å². The van der Waals surface area contributed by atoms with E-state index in [0.29, 0.717) is 24.2 Å². The fraction of sp³-hybridized carbons (Fsp3) is 0.714. The third-order valence-corrected chi connectivity index (χ3v) is 5.66. The summed E-state index contributed by atoms with van der Waals surface area (Å²) in [6.45, 7) is 8.13. The number of rotatable bonds is 6. The van der Waals surface area contributed by atoms with E-state index in [2.05, 4.69) is 20.8 Å². The van der Waals surface area contributed by atoms with Crippen LogP contribution < -0.4 is 10.6 Å². The molecule has 0 aliphatic rings. The van der Waals surface area contributed by atoms with Crippen molar-refractivity contribution in [2.45, 2.75) is 44.9 Å². The van der Waals surface area contributed by atoms with Gasteiger partial charge in [-0.2, -0.15) is 0 Å². The van der Waals surface area contributed by atoms with Crippen molar-refractivity contribution in [3.05, 3.63) is 17.5 Å². The van der Waals surface area contributed by atoms with Crippen LogP contribution in [0.5, 0.6) is 0 Å². The van der Waals surface area contributed by atoms with Crippen molar-refractivity contribution in [3.63, 3.8) is 0 Å². The second-order valence-corrected chi connectivity index (χ2v) is 8.83. The Balaban J connectivity index is 2.56. The smallest absolute Gasteiger partial charge is 0.191 e. The van der Waals surface area contributed by atoms with Crippen LogP contribution in [0.15, 0.2) is 15.6 Å². The molecule has 8 heteroatoms. The second-order valence-electron chi connectivity index (χ2n) is 6.18. The van der Waals surface area contributed by atoms with Crippen LogP contribution in [0, 0.1) is 0 Å². The minimum atomic E-state index is -3.15. The highest BCUT2D eigenvalue weighted by molar-refractivity contribution is 7.92. The van der Waals surface area contributed by atoms with Gasteiger partial charge in [0, 0.05) is 25.9 Å². The lowest BCUT2D eigenvalue weighted by atomic mass is 10.1. The Bertz CT molecular complexity index is 618. The summed E-state index contributed by atoms with van der Waals surface area (Å²) < 4.78 is 27.7. The predicted molar refractivity (Wildman–Crippen MR) is 87.7 cm³/mol. The highest BCUT2D eigenvalue weighted by Gasteiger charge is 2.30. The summed E-state index contributed by atoms with van der Waals surface area (Å²) in [5.74, 6) is 1.53. The molecule has 0 radical (unpaired) electrons. The first-order valence-corrected chi connectivity index (χ1v) is 9.05. The molecule has 22 heavy (non-hydrogen) atoms. The van der Waals surface area contributed by atoms with Crippen molar-refractivity contribution >= 4 is 15.8 Å². The molecule has 0 aliphatic carbocycles. The molecule has 0 fully saturated rings. The van der Waals surface area contributed by atoms with E-state index < -0.39 is 14.6 Å². The van der Waals surface area contributed by atoms with Crippen LogP contribution >= 0.6 is 0 Å². The van der Waals surface area contributed by atoms with Crippen LogP contribution in [0.25, 0.3) is 0 Å². The molecule has 1 heterocycles. The van der Waals surface area contributed by atoms with Crippen molar-refractivity contribution in [2.75, 3.05) is 19.8 Å². The number of sulfone groups is 1. The van der Waals surface area contributed by atoms with E-state index in [0.717, 1.165) is 5.69 Å². The molecule has 126 valence electrons. The predicted octanol–water partition coefficient (Wildman–Crippen LogP) is 1.29. The number of guanidine groups is 1. The maximum absolute atomic E-state index is 11.7. The van der Waals surface area contributed by atoms with Crippen molar-refractivity contribution in [3.8, 4) is 0 Å². The van der Waals surface area contributed by atoms with Crippen molar-refractivity contribution in [2.24, 2.45) is 4.99 Å². The molecular weight excluding hydrogens is 304 g/mol. The molecule has 7 nitrogen and oxygen atoms in total. The molecule has 0 saturated carbocycles. The second kappa shape index (κ2) is 7.13. The van der Waals surface area contributed by atoms with Crippen LogP contribution in [0.3, 0.4) is 0 Å². The van der Waals surface area contributed by atoms with Gasteiger partial charge in [0.1, 0.15) is 0 Å². The van der Waals surface area contributed by atoms with Crippen LogP contribution in [0.2, 0.25) is 0 Å². The van der Waals surface area contributed by atoms with Crippen LogP contribution in [-0.2, 0) is 16.4 Å². The van der Waals surface area contributed by atoms with E-state index in [1.54, 1.807) is 20.9 Å². The van der Waals surface area contributed by atoms with E-state index in [1.807, 2.05) is 19.9 Å². The zero-order valence-electron chi connectivity index (χ0n) is 14.1. The van der Waals surface area contributed by atoms with Crippen molar-refractivity contribution in [1.82, 2.24) is 15.8 Å². The standard InChI is InChI=1S/C14H26N4O3S/c1-10(2)12-7-11(21-18-12)8-16-13(15-5)17-9-14(3,4)22(6,19)20/h7,10H,8-9H2,1-6H3,(H2,15,16,17). The van der Waals surface area contributed by atoms with Gasteiger partial charge in [-0.05, 0) is 19.8 Å². The number of hydrogen-bond donors (Lipinski definition) is 2. The summed E-state index contributed by atoms with van der Waals surface area (Å²) >= 11 is 0. The SMILES string of the molecule is CN=C(NCc1cc(C(C)C)no1)NCC(C)(C)S(C)(=O)=O. The van der Waals surface area contributed by atoms with Gasteiger partial charge in [-0.15, -0.1) is 0 Å². The van der Waals surface area contributed by atoms with Gasteiger partial charge in [-0.1, -0.05) is 19.0 Å². The number of nitrogens with zero attached hydrogens (tertiary/aromatic N) is 2.